The van der Waals surface area contributed by atoms with E-state index in [0.717, 1.165) is 13.0 Å². The summed E-state index contributed by atoms with van der Waals surface area (Å²) < 4.78 is 0. The predicted octanol–water partition coefficient (Wildman–Crippen LogP) is 3.60. The van der Waals surface area contributed by atoms with E-state index < -0.39 is 0 Å². The number of nitrogens with one attached hydrogen (secondary N) is 1. The molecule has 0 fully saturated rings. The van der Waals surface area contributed by atoms with Crippen LogP contribution in [-0.4, -0.2) is 17.6 Å². The van der Waals surface area contributed by atoms with Gasteiger partial charge in [0.25, 0.3) is 0 Å². The Kier molecular flexibility index (Phi) is 4.69. The largest absolute Gasteiger partial charge is 0.314 e. The Morgan fingerprint density at radius 2 is 1.89 bits per heavy atom. The number of benzene rings is 1. The Morgan fingerprint density at radius 3 is 2.53 bits per heavy atom. The maximum Gasteiger partial charge on any atom is 0.0349 e. The Hall–Kier alpha value is -1.67. The lowest BCUT2D eigenvalue weighted by Gasteiger charge is -2.12. The molecule has 1 aromatic heterocycles. The van der Waals surface area contributed by atoms with Gasteiger partial charge in [0.1, 0.15) is 0 Å². The Morgan fingerprint density at radius 1 is 1.16 bits per heavy atom. The minimum Gasteiger partial charge on any atom is -0.314 e. The van der Waals surface area contributed by atoms with Crippen LogP contribution in [0.4, 0.5) is 0 Å². The van der Waals surface area contributed by atoms with Crippen molar-refractivity contribution in [3.05, 3.63) is 53.9 Å². The van der Waals surface area contributed by atoms with E-state index >= 15 is 0 Å². The number of likely N-dealkylation sites (N-methyl/N-ethyl adjacent to an activating group) is 1. The fraction of sp³-hybridized carbons (Fsp3) is 0.353. The summed E-state index contributed by atoms with van der Waals surface area (Å²) >= 11 is 0. The molecular weight excluding hydrogens is 232 g/mol. The Balaban J connectivity index is 2.13. The van der Waals surface area contributed by atoms with E-state index in [2.05, 4.69) is 61.4 Å². The summed E-state index contributed by atoms with van der Waals surface area (Å²) in [4.78, 5) is 4.21. The van der Waals surface area contributed by atoms with Crippen LogP contribution in [-0.2, 0) is 6.42 Å². The van der Waals surface area contributed by atoms with Crippen molar-refractivity contribution < 1.29 is 0 Å². The molecule has 0 radical (unpaired) electrons. The third kappa shape index (κ3) is 3.65. The molecule has 0 aliphatic rings. The highest BCUT2D eigenvalue weighted by Crippen LogP contribution is 2.22. The summed E-state index contributed by atoms with van der Waals surface area (Å²) in [5.41, 5.74) is 5.10. The van der Waals surface area contributed by atoms with Crippen LogP contribution in [0, 0.1) is 6.92 Å². The zero-order chi connectivity index (χ0) is 13.7. The summed E-state index contributed by atoms with van der Waals surface area (Å²) in [6, 6.07) is 11.4. The van der Waals surface area contributed by atoms with Crippen LogP contribution in [0.2, 0.25) is 0 Å². The van der Waals surface area contributed by atoms with Crippen molar-refractivity contribution in [2.45, 2.75) is 33.2 Å². The smallest absolute Gasteiger partial charge is 0.0349 e. The SMILES string of the molecule is CCNC(C)Cc1ccc(-c2cnccc2C)cc1. The molecule has 0 bridgehead atoms. The van der Waals surface area contributed by atoms with Crippen LogP contribution in [0.5, 0.6) is 0 Å². The highest BCUT2D eigenvalue weighted by Gasteiger charge is 2.04. The quantitative estimate of drug-likeness (QED) is 0.882. The van der Waals surface area contributed by atoms with Gasteiger partial charge < -0.3 is 5.32 Å². The van der Waals surface area contributed by atoms with E-state index in [1.165, 1.54) is 22.3 Å². The van der Waals surface area contributed by atoms with Crippen molar-refractivity contribution in [1.82, 2.24) is 10.3 Å². The number of rotatable bonds is 5. The molecule has 1 N–H and O–H groups in total. The number of hydrogen-bond acceptors (Lipinski definition) is 2. The van der Waals surface area contributed by atoms with Gasteiger partial charge in [-0.25, -0.2) is 0 Å². The molecule has 0 amide bonds. The van der Waals surface area contributed by atoms with Crippen molar-refractivity contribution in [3.8, 4) is 11.1 Å². The van der Waals surface area contributed by atoms with Gasteiger partial charge in [-0.3, -0.25) is 4.98 Å². The lowest BCUT2D eigenvalue weighted by molar-refractivity contribution is 0.565. The molecule has 0 saturated heterocycles. The van der Waals surface area contributed by atoms with Crippen LogP contribution < -0.4 is 5.32 Å². The van der Waals surface area contributed by atoms with Crippen molar-refractivity contribution in [2.24, 2.45) is 0 Å². The van der Waals surface area contributed by atoms with Crippen LogP contribution in [0.15, 0.2) is 42.7 Å². The third-order valence-corrected chi connectivity index (χ3v) is 3.40. The average molecular weight is 254 g/mol. The van der Waals surface area contributed by atoms with Crippen LogP contribution >= 0.6 is 0 Å². The van der Waals surface area contributed by atoms with Gasteiger partial charge in [0, 0.05) is 24.0 Å². The molecule has 100 valence electrons. The molecule has 1 atom stereocenters. The van der Waals surface area contributed by atoms with E-state index in [1.54, 1.807) is 0 Å². The van der Waals surface area contributed by atoms with Gasteiger partial charge in [-0.15, -0.1) is 0 Å². The molecule has 1 heterocycles. The monoisotopic (exact) mass is 254 g/mol. The summed E-state index contributed by atoms with van der Waals surface area (Å²) in [6.07, 6.45) is 4.84. The first-order valence-electron chi connectivity index (χ1n) is 6.94. The highest BCUT2D eigenvalue weighted by atomic mass is 14.9. The minimum atomic E-state index is 0.524. The third-order valence-electron chi connectivity index (χ3n) is 3.40. The van der Waals surface area contributed by atoms with Crippen LogP contribution in [0.3, 0.4) is 0 Å². The molecule has 1 aromatic carbocycles. The predicted molar refractivity (Wildman–Crippen MR) is 81.3 cm³/mol. The second-order valence-electron chi connectivity index (χ2n) is 5.05. The summed E-state index contributed by atoms with van der Waals surface area (Å²) in [7, 11) is 0. The molecule has 1 unspecified atom stereocenters. The average Bonchev–Trinajstić information content (AvgIpc) is 2.41. The molecule has 0 aliphatic carbocycles. The maximum absolute atomic E-state index is 4.21. The zero-order valence-corrected chi connectivity index (χ0v) is 12.0. The molecule has 0 saturated carbocycles. The van der Waals surface area contributed by atoms with Crippen LogP contribution in [0.25, 0.3) is 11.1 Å². The van der Waals surface area contributed by atoms with Gasteiger partial charge in [-0.2, -0.15) is 0 Å². The van der Waals surface area contributed by atoms with Gasteiger partial charge in [-0.05, 0) is 49.6 Å². The molecule has 0 aliphatic heterocycles. The van der Waals surface area contributed by atoms with Gasteiger partial charge in [0.2, 0.25) is 0 Å². The van der Waals surface area contributed by atoms with E-state index in [0.29, 0.717) is 6.04 Å². The number of nitrogens with zero attached hydrogens (tertiary/aromatic N) is 1. The molecule has 0 spiro atoms. The fourth-order valence-corrected chi connectivity index (χ4v) is 2.36. The first kappa shape index (κ1) is 13.8. The first-order chi connectivity index (χ1) is 9.20. The highest BCUT2D eigenvalue weighted by molar-refractivity contribution is 5.66. The normalized spacial score (nSPS) is 12.4. The topological polar surface area (TPSA) is 24.9 Å². The van der Waals surface area contributed by atoms with Crippen LogP contribution in [0.1, 0.15) is 25.0 Å². The van der Waals surface area contributed by atoms with E-state index in [4.69, 9.17) is 0 Å². The summed E-state index contributed by atoms with van der Waals surface area (Å²) in [6.45, 7) is 7.51. The maximum atomic E-state index is 4.21. The molecule has 2 nitrogen and oxygen atoms in total. The number of pyridine rings is 1. The number of hydrogen-bond donors (Lipinski definition) is 1. The lowest BCUT2D eigenvalue weighted by atomic mass is 9.99. The minimum absolute atomic E-state index is 0.524. The standard InChI is InChI=1S/C17H22N2/c1-4-19-14(3)11-15-5-7-16(8-6-15)17-12-18-10-9-13(17)2/h5-10,12,14,19H,4,11H2,1-3H3. The summed E-state index contributed by atoms with van der Waals surface area (Å²) in [5.74, 6) is 0. The number of aryl methyl sites for hydroxylation is 1. The van der Waals surface area contributed by atoms with Gasteiger partial charge >= 0.3 is 0 Å². The second-order valence-corrected chi connectivity index (χ2v) is 5.05. The lowest BCUT2D eigenvalue weighted by Crippen LogP contribution is -2.27. The molecule has 19 heavy (non-hydrogen) atoms. The Labute approximate surface area is 115 Å². The van der Waals surface area contributed by atoms with Crippen molar-refractivity contribution >= 4 is 0 Å². The Bertz CT molecular complexity index is 517. The molecule has 2 rings (SSSR count). The first-order valence-corrected chi connectivity index (χ1v) is 6.94. The van der Waals surface area contributed by atoms with Gasteiger partial charge in [0.15, 0.2) is 0 Å². The van der Waals surface area contributed by atoms with Gasteiger partial charge in [-0.1, -0.05) is 31.2 Å². The van der Waals surface area contributed by atoms with E-state index in [-0.39, 0.29) is 0 Å². The number of aromatic nitrogens is 1. The fourth-order valence-electron chi connectivity index (χ4n) is 2.36. The van der Waals surface area contributed by atoms with E-state index in [1.807, 2.05) is 12.4 Å². The van der Waals surface area contributed by atoms with Crippen molar-refractivity contribution in [1.29, 1.82) is 0 Å². The van der Waals surface area contributed by atoms with E-state index in [9.17, 15) is 0 Å². The molecule has 2 aromatic rings. The zero-order valence-electron chi connectivity index (χ0n) is 12.0. The summed E-state index contributed by atoms with van der Waals surface area (Å²) in [5, 5.41) is 3.44. The van der Waals surface area contributed by atoms with Crippen molar-refractivity contribution in [3.63, 3.8) is 0 Å². The molecular formula is C17H22N2. The molecule has 2 heteroatoms. The van der Waals surface area contributed by atoms with Crippen molar-refractivity contribution in [2.75, 3.05) is 6.54 Å². The van der Waals surface area contributed by atoms with Gasteiger partial charge in [0.05, 0.1) is 0 Å². The second kappa shape index (κ2) is 6.48.